The van der Waals surface area contributed by atoms with E-state index in [0.717, 1.165) is 19.3 Å². The molecule has 0 saturated heterocycles. The van der Waals surface area contributed by atoms with E-state index in [9.17, 15) is 14.7 Å². The van der Waals surface area contributed by atoms with Crippen molar-refractivity contribution >= 4 is 29.2 Å². The van der Waals surface area contributed by atoms with Crippen LogP contribution in [0.1, 0.15) is 48.5 Å². The van der Waals surface area contributed by atoms with Gasteiger partial charge in [-0.1, -0.05) is 13.3 Å². The normalized spacial score (nSPS) is 24.3. The summed E-state index contributed by atoms with van der Waals surface area (Å²) in [6.45, 7) is 1.85. The fourth-order valence-corrected chi connectivity index (χ4v) is 3.28. The third kappa shape index (κ3) is 3.40. The third-order valence-corrected chi connectivity index (χ3v) is 4.47. The highest BCUT2D eigenvalue weighted by Gasteiger charge is 2.38. The average molecular weight is 321 g/mol. The van der Waals surface area contributed by atoms with Gasteiger partial charge >= 0.3 is 5.97 Å². The molecule has 22 heavy (non-hydrogen) atoms. The first-order valence-electron chi connectivity index (χ1n) is 7.09. The van der Waals surface area contributed by atoms with Gasteiger partial charge in [-0.05, 0) is 37.5 Å². The predicted molar refractivity (Wildman–Crippen MR) is 83.0 cm³/mol. The molecular weight excluding hydrogens is 304 g/mol. The maximum Gasteiger partial charge on any atom is 0.337 e. The molecule has 6 heteroatoms. The number of benzene rings is 1. The molecule has 5 nitrogen and oxygen atoms in total. The lowest BCUT2D eigenvalue weighted by Crippen LogP contribution is -2.38. The molecule has 0 bridgehead atoms. The van der Waals surface area contributed by atoms with Gasteiger partial charge in [-0.2, -0.15) is 5.26 Å². The standard InChI is InChI=1S/C16H17ClN2O3/c1-16(6-2-3-11(17)8-16)15(22)19-13-5-4-10(9-18)7-12(13)14(20)21/h4-5,7,11H,2-3,6,8H2,1H3,(H,19,22)(H,20,21)/t11-,16?/m1/s1. The summed E-state index contributed by atoms with van der Waals surface area (Å²) in [5.41, 5.74) is -0.252. The zero-order valence-electron chi connectivity index (χ0n) is 12.2. The quantitative estimate of drug-likeness (QED) is 0.835. The Kier molecular flexibility index (Phi) is 4.72. The van der Waals surface area contributed by atoms with Gasteiger partial charge in [0.25, 0.3) is 0 Å². The van der Waals surface area contributed by atoms with Gasteiger partial charge in [0.15, 0.2) is 0 Å². The van der Waals surface area contributed by atoms with E-state index < -0.39 is 11.4 Å². The summed E-state index contributed by atoms with van der Waals surface area (Å²) in [5.74, 6) is -1.42. The van der Waals surface area contributed by atoms with Crippen LogP contribution in [0.15, 0.2) is 18.2 Å². The van der Waals surface area contributed by atoms with Crippen LogP contribution in [-0.4, -0.2) is 22.4 Å². The first kappa shape index (κ1) is 16.3. The summed E-state index contributed by atoms with van der Waals surface area (Å²) in [6, 6.07) is 6.07. The number of carboxylic acids is 1. The number of halogens is 1. The predicted octanol–water partition coefficient (Wildman–Crippen LogP) is 3.38. The van der Waals surface area contributed by atoms with Crippen molar-refractivity contribution in [2.75, 3.05) is 5.32 Å². The van der Waals surface area contributed by atoms with Crippen LogP contribution in [-0.2, 0) is 4.79 Å². The van der Waals surface area contributed by atoms with E-state index in [2.05, 4.69) is 5.32 Å². The third-order valence-electron chi connectivity index (χ3n) is 4.09. The molecule has 1 fully saturated rings. The summed E-state index contributed by atoms with van der Waals surface area (Å²) in [4.78, 5) is 23.8. The molecule has 1 aliphatic carbocycles. The second-order valence-electron chi connectivity index (χ2n) is 5.89. The summed E-state index contributed by atoms with van der Waals surface area (Å²) < 4.78 is 0. The van der Waals surface area contributed by atoms with Crippen LogP contribution in [0.5, 0.6) is 0 Å². The van der Waals surface area contributed by atoms with Gasteiger partial charge in [-0.25, -0.2) is 4.79 Å². The van der Waals surface area contributed by atoms with E-state index in [1.807, 2.05) is 13.0 Å². The Balaban J connectivity index is 2.25. The Labute approximate surface area is 133 Å². The van der Waals surface area contributed by atoms with Crippen LogP contribution in [0.2, 0.25) is 0 Å². The molecule has 1 aromatic rings. The van der Waals surface area contributed by atoms with Crippen LogP contribution in [0.3, 0.4) is 0 Å². The molecule has 2 atom stereocenters. The number of carboxylic acid groups (broad SMARTS) is 1. The number of carbonyl (C=O) groups is 2. The highest BCUT2D eigenvalue weighted by molar-refractivity contribution is 6.21. The molecule has 0 aromatic heterocycles. The molecule has 0 heterocycles. The van der Waals surface area contributed by atoms with E-state index in [-0.39, 0.29) is 28.1 Å². The molecule has 116 valence electrons. The number of nitriles is 1. The zero-order chi connectivity index (χ0) is 16.3. The van der Waals surface area contributed by atoms with Crippen molar-refractivity contribution in [3.05, 3.63) is 29.3 Å². The smallest absolute Gasteiger partial charge is 0.337 e. The van der Waals surface area contributed by atoms with E-state index in [1.54, 1.807) is 0 Å². The molecule has 1 saturated carbocycles. The zero-order valence-corrected chi connectivity index (χ0v) is 13.0. The van der Waals surface area contributed by atoms with Crippen molar-refractivity contribution in [3.63, 3.8) is 0 Å². The maximum atomic E-state index is 12.5. The van der Waals surface area contributed by atoms with Crippen molar-refractivity contribution in [3.8, 4) is 6.07 Å². The van der Waals surface area contributed by atoms with Crippen LogP contribution in [0.25, 0.3) is 0 Å². The largest absolute Gasteiger partial charge is 0.478 e. The number of anilines is 1. The van der Waals surface area contributed by atoms with Gasteiger partial charge in [0.1, 0.15) is 0 Å². The van der Waals surface area contributed by atoms with Crippen LogP contribution in [0, 0.1) is 16.7 Å². The van der Waals surface area contributed by atoms with E-state index in [0.29, 0.717) is 6.42 Å². The molecule has 1 aliphatic rings. The monoisotopic (exact) mass is 320 g/mol. The second-order valence-corrected chi connectivity index (χ2v) is 6.50. The number of rotatable bonds is 3. The van der Waals surface area contributed by atoms with Gasteiger partial charge in [-0.3, -0.25) is 4.79 Å². The highest BCUT2D eigenvalue weighted by Crippen LogP contribution is 2.39. The first-order chi connectivity index (χ1) is 10.4. The number of carbonyl (C=O) groups excluding carboxylic acids is 1. The SMILES string of the molecule is CC1(C(=O)Nc2ccc(C#N)cc2C(=O)O)CCC[C@@H](Cl)C1. The fourth-order valence-electron chi connectivity index (χ4n) is 2.79. The first-order valence-corrected chi connectivity index (χ1v) is 7.52. The van der Waals surface area contributed by atoms with Gasteiger partial charge in [0, 0.05) is 10.8 Å². The molecule has 1 unspecified atom stereocenters. The molecule has 2 N–H and O–H groups in total. The molecule has 0 radical (unpaired) electrons. The minimum atomic E-state index is -1.18. The second kappa shape index (κ2) is 6.37. The number of hydrogen-bond acceptors (Lipinski definition) is 3. The van der Waals surface area contributed by atoms with Gasteiger partial charge in [0.05, 0.1) is 22.9 Å². The van der Waals surface area contributed by atoms with Gasteiger partial charge < -0.3 is 10.4 Å². The topological polar surface area (TPSA) is 90.2 Å². The van der Waals surface area contributed by atoms with Crippen molar-refractivity contribution < 1.29 is 14.7 Å². The minimum absolute atomic E-state index is 0.0376. The maximum absolute atomic E-state index is 12.5. The average Bonchev–Trinajstić information content (AvgIpc) is 2.47. The Morgan fingerprint density at radius 3 is 2.82 bits per heavy atom. The minimum Gasteiger partial charge on any atom is -0.478 e. The van der Waals surface area contributed by atoms with E-state index in [1.165, 1.54) is 18.2 Å². The van der Waals surface area contributed by atoms with Crippen LogP contribution >= 0.6 is 11.6 Å². The lowest BCUT2D eigenvalue weighted by atomic mass is 9.74. The van der Waals surface area contributed by atoms with Crippen molar-refractivity contribution in [1.82, 2.24) is 0 Å². The number of hydrogen-bond donors (Lipinski definition) is 2. The lowest BCUT2D eigenvalue weighted by molar-refractivity contribution is -0.126. The van der Waals surface area contributed by atoms with Crippen molar-refractivity contribution in [2.24, 2.45) is 5.41 Å². The van der Waals surface area contributed by atoms with E-state index >= 15 is 0 Å². The number of nitrogens with zero attached hydrogens (tertiary/aromatic N) is 1. The summed E-state index contributed by atoms with van der Waals surface area (Å²) in [7, 11) is 0. The van der Waals surface area contributed by atoms with Crippen LogP contribution < -0.4 is 5.32 Å². The van der Waals surface area contributed by atoms with Gasteiger partial charge in [-0.15, -0.1) is 11.6 Å². The van der Waals surface area contributed by atoms with E-state index in [4.69, 9.17) is 16.9 Å². The van der Waals surface area contributed by atoms with Gasteiger partial charge in [0.2, 0.25) is 5.91 Å². The Morgan fingerprint density at radius 2 is 2.23 bits per heavy atom. The summed E-state index contributed by atoms with van der Waals surface area (Å²) >= 11 is 6.16. The number of alkyl halides is 1. The summed E-state index contributed by atoms with van der Waals surface area (Å²) in [6.07, 6.45) is 3.05. The Bertz CT molecular complexity index is 653. The van der Waals surface area contributed by atoms with Crippen molar-refractivity contribution in [2.45, 2.75) is 38.0 Å². The molecule has 0 aliphatic heterocycles. The molecule has 1 aromatic carbocycles. The van der Waals surface area contributed by atoms with Crippen LogP contribution in [0.4, 0.5) is 5.69 Å². The number of nitrogens with one attached hydrogen (secondary N) is 1. The Morgan fingerprint density at radius 1 is 1.50 bits per heavy atom. The molecule has 0 spiro atoms. The lowest BCUT2D eigenvalue weighted by Gasteiger charge is -2.34. The Hall–Kier alpha value is -2.06. The molecular formula is C16H17ClN2O3. The highest BCUT2D eigenvalue weighted by atomic mass is 35.5. The molecule has 1 amide bonds. The summed E-state index contributed by atoms with van der Waals surface area (Å²) in [5, 5.41) is 20.7. The van der Waals surface area contributed by atoms with Crippen molar-refractivity contribution in [1.29, 1.82) is 5.26 Å². The molecule has 2 rings (SSSR count). The number of aromatic carboxylic acids is 1. The fraction of sp³-hybridized carbons (Fsp3) is 0.438. The number of amides is 1.